The van der Waals surface area contributed by atoms with E-state index in [1.807, 2.05) is 0 Å². The van der Waals surface area contributed by atoms with Crippen LogP contribution in [0.2, 0.25) is 0 Å². The fraction of sp³-hybridized carbons (Fsp3) is 0.447. The van der Waals surface area contributed by atoms with Crippen LogP contribution in [0.3, 0.4) is 0 Å². The fourth-order valence-corrected chi connectivity index (χ4v) is 5.29. The fourth-order valence-electron chi connectivity index (χ4n) is 5.29. The topological polar surface area (TPSA) is 38.7 Å². The Labute approximate surface area is 248 Å². The molecule has 0 bridgehead atoms. The molecule has 0 spiro atoms. The van der Waals surface area contributed by atoms with Crippen LogP contribution in [0.15, 0.2) is 72.8 Å². The molecule has 0 fully saturated rings. The van der Waals surface area contributed by atoms with E-state index in [1.54, 1.807) is 0 Å². The van der Waals surface area contributed by atoms with E-state index in [2.05, 4.69) is 121 Å². The van der Waals surface area contributed by atoms with Gasteiger partial charge in [-0.3, -0.25) is 0 Å². The molecule has 0 unspecified atom stereocenters. The Hall–Kier alpha value is -3.33. The Bertz CT molecular complexity index is 1380. The zero-order chi connectivity index (χ0) is 29.5. The van der Waals surface area contributed by atoms with Crippen LogP contribution in [0, 0.1) is 0 Å². The molecule has 3 heteroatoms. The third-order valence-electron chi connectivity index (χ3n) is 9.38. The van der Waals surface area contributed by atoms with E-state index >= 15 is 0 Å². The molecule has 216 valence electrons. The summed E-state index contributed by atoms with van der Waals surface area (Å²) in [6, 6.07) is 26.4. The van der Waals surface area contributed by atoms with Gasteiger partial charge >= 0.3 is 0 Å². The average Bonchev–Trinajstić information content (AvgIpc) is 3.03. The van der Waals surface area contributed by atoms with Crippen LogP contribution in [0.5, 0.6) is 0 Å². The minimum Gasteiger partial charge on any atom is -0.208 e. The summed E-state index contributed by atoms with van der Waals surface area (Å²) in [5.41, 5.74) is 7.45. The van der Waals surface area contributed by atoms with Crippen LogP contribution in [-0.4, -0.2) is 15.0 Å². The van der Waals surface area contributed by atoms with Gasteiger partial charge in [-0.25, -0.2) is 15.0 Å². The smallest absolute Gasteiger partial charge is 0.164 e. The number of aryl methyl sites for hydroxylation is 1. The van der Waals surface area contributed by atoms with Gasteiger partial charge in [-0.1, -0.05) is 141 Å². The molecule has 0 radical (unpaired) electrons. The zero-order valence-corrected chi connectivity index (χ0v) is 26.4. The van der Waals surface area contributed by atoms with Crippen molar-refractivity contribution >= 4 is 0 Å². The lowest BCUT2D eigenvalue weighted by Crippen LogP contribution is -2.19. The van der Waals surface area contributed by atoms with Gasteiger partial charge in [0.15, 0.2) is 17.5 Å². The second-order valence-corrected chi connectivity index (χ2v) is 12.5. The second-order valence-electron chi connectivity index (χ2n) is 12.5. The molecule has 41 heavy (non-hydrogen) atoms. The van der Waals surface area contributed by atoms with Crippen LogP contribution < -0.4 is 0 Å². The van der Waals surface area contributed by atoms with E-state index in [4.69, 9.17) is 15.0 Å². The standard InChI is InChI=1S/C38H49N3/c1-8-12-13-14-15-28-16-18-29(19-17-28)34-39-35(30-20-24-32(25-21-30)37(5,6)9-2)41-36(40-34)31-22-26-33(27-23-31)38(7,10-3)11-4/h16-27H,8-15H2,1-7H3. The number of benzene rings is 3. The predicted molar refractivity (Wildman–Crippen MR) is 175 cm³/mol. The number of rotatable bonds is 13. The first-order valence-corrected chi connectivity index (χ1v) is 15.8. The van der Waals surface area contributed by atoms with Crippen molar-refractivity contribution in [2.75, 3.05) is 0 Å². The number of nitrogens with zero attached hydrogens (tertiary/aromatic N) is 3. The van der Waals surface area contributed by atoms with Gasteiger partial charge in [0.1, 0.15) is 0 Å². The van der Waals surface area contributed by atoms with Gasteiger partial charge < -0.3 is 0 Å². The zero-order valence-electron chi connectivity index (χ0n) is 26.4. The second kappa shape index (κ2) is 13.6. The summed E-state index contributed by atoms with van der Waals surface area (Å²) in [4.78, 5) is 15.0. The van der Waals surface area contributed by atoms with Crippen molar-refractivity contribution in [1.82, 2.24) is 15.0 Å². The van der Waals surface area contributed by atoms with Crippen molar-refractivity contribution in [3.8, 4) is 34.2 Å². The molecule has 0 N–H and O–H groups in total. The highest BCUT2D eigenvalue weighted by Crippen LogP contribution is 2.33. The van der Waals surface area contributed by atoms with Gasteiger partial charge in [-0.15, -0.1) is 0 Å². The lowest BCUT2D eigenvalue weighted by molar-refractivity contribution is 0.439. The van der Waals surface area contributed by atoms with Gasteiger partial charge in [0.2, 0.25) is 0 Å². The molecule has 0 saturated heterocycles. The normalized spacial score (nSPS) is 12.1. The SMILES string of the molecule is CCCCCCc1ccc(-c2nc(-c3ccc(C(C)(C)CC)cc3)nc(-c3ccc(C(C)(CC)CC)cc3)n2)cc1. The van der Waals surface area contributed by atoms with Crippen LogP contribution in [0.4, 0.5) is 0 Å². The van der Waals surface area contributed by atoms with E-state index < -0.39 is 0 Å². The minimum atomic E-state index is 0.138. The molecule has 1 heterocycles. The molecule has 4 aromatic rings. The summed E-state index contributed by atoms with van der Waals surface area (Å²) in [5, 5.41) is 0. The Morgan fingerprint density at radius 3 is 1.34 bits per heavy atom. The molecule has 0 aliphatic rings. The molecule has 0 atom stereocenters. The van der Waals surface area contributed by atoms with Gasteiger partial charge in [-0.05, 0) is 59.6 Å². The number of aromatic nitrogens is 3. The molecule has 3 nitrogen and oxygen atoms in total. The van der Waals surface area contributed by atoms with E-state index in [9.17, 15) is 0 Å². The minimum absolute atomic E-state index is 0.138. The van der Waals surface area contributed by atoms with E-state index in [0.29, 0.717) is 11.6 Å². The molecular weight excluding hydrogens is 498 g/mol. The first-order valence-electron chi connectivity index (χ1n) is 15.8. The van der Waals surface area contributed by atoms with E-state index in [1.165, 1.54) is 42.4 Å². The highest BCUT2D eigenvalue weighted by Gasteiger charge is 2.22. The van der Waals surface area contributed by atoms with Gasteiger partial charge in [0, 0.05) is 16.7 Å². The maximum Gasteiger partial charge on any atom is 0.164 e. The molecule has 3 aromatic carbocycles. The first kappa shape index (κ1) is 30.6. The van der Waals surface area contributed by atoms with Gasteiger partial charge in [0.25, 0.3) is 0 Å². The summed E-state index contributed by atoms with van der Waals surface area (Å²) in [6.45, 7) is 16.0. The highest BCUT2D eigenvalue weighted by atomic mass is 15.0. The maximum atomic E-state index is 5.00. The lowest BCUT2D eigenvalue weighted by Gasteiger charge is -2.27. The highest BCUT2D eigenvalue weighted by molar-refractivity contribution is 5.67. The molecule has 4 rings (SSSR count). The molecule has 0 saturated carbocycles. The monoisotopic (exact) mass is 547 g/mol. The van der Waals surface area contributed by atoms with Crippen molar-refractivity contribution < 1.29 is 0 Å². The molecule has 0 aliphatic heterocycles. The van der Waals surface area contributed by atoms with Crippen LogP contribution in [-0.2, 0) is 17.3 Å². The lowest BCUT2D eigenvalue weighted by atomic mass is 9.78. The summed E-state index contributed by atoms with van der Waals surface area (Å²) in [7, 11) is 0. The van der Waals surface area contributed by atoms with Crippen LogP contribution >= 0.6 is 0 Å². The van der Waals surface area contributed by atoms with Crippen molar-refractivity contribution in [1.29, 1.82) is 0 Å². The van der Waals surface area contributed by atoms with Gasteiger partial charge in [-0.2, -0.15) is 0 Å². The molecule has 1 aromatic heterocycles. The van der Waals surface area contributed by atoms with Crippen molar-refractivity contribution in [3.05, 3.63) is 89.5 Å². The maximum absolute atomic E-state index is 5.00. The number of unbranched alkanes of at least 4 members (excludes halogenated alkanes) is 3. The molecule has 0 aliphatic carbocycles. The van der Waals surface area contributed by atoms with Crippen LogP contribution in [0.25, 0.3) is 34.2 Å². The molecule has 0 amide bonds. The largest absolute Gasteiger partial charge is 0.208 e. The number of hydrogen-bond acceptors (Lipinski definition) is 3. The Morgan fingerprint density at radius 1 is 0.488 bits per heavy atom. The van der Waals surface area contributed by atoms with E-state index in [-0.39, 0.29) is 10.8 Å². The quantitative estimate of drug-likeness (QED) is 0.156. The van der Waals surface area contributed by atoms with Crippen molar-refractivity contribution in [3.63, 3.8) is 0 Å². The van der Waals surface area contributed by atoms with Gasteiger partial charge in [0.05, 0.1) is 0 Å². The average molecular weight is 548 g/mol. The third kappa shape index (κ3) is 7.31. The summed E-state index contributed by atoms with van der Waals surface area (Å²) < 4.78 is 0. The summed E-state index contributed by atoms with van der Waals surface area (Å²) in [5.74, 6) is 2.15. The first-order chi connectivity index (χ1) is 19.7. The van der Waals surface area contributed by atoms with Crippen molar-refractivity contribution in [2.24, 2.45) is 0 Å². The van der Waals surface area contributed by atoms with E-state index in [0.717, 1.165) is 48.2 Å². The Morgan fingerprint density at radius 2 is 0.927 bits per heavy atom. The Kier molecular flexibility index (Phi) is 10.1. The van der Waals surface area contributed by atoms with Crippen molar-refractivity contribution in [2.45, 2.75) is 111 Å². The predicted octanol–water partition coefficient (Wildman–Crippen LogP) is 10.8. The third-order valence-corrected chi connectivity index (χ3v) is 9.38. The summed E-state index contributed by atoms with van der Waals surface area (Å²) in [6.07, 6.45) is 9.54. The van der Waals surface area contributed by atoms with Crippen LogP contribution in [0.1, 0.15) is 110 Å². The molecular formula is C38H49N3. The Balaban J connectivity index is 1.72. The summed E-state index contributed by atoms with van der Waals surface area (Å²) >= 11 is 0. The number of hydrogen-bond donors (Lipinski definition) is 0.